The molecule has 3 nitrogen and oxygen atoms in total. The van der Waals surface area contributed by atoms with E-state index in [-0.39, 0.29) is 11.9 Å². The van der Waals surface area contributed by atoms with Gasteiger partial charge in [0.2, 0.25) is 0 Å². The Hall–Kier alpha value is -0.570. The molecule has 0 bridgehead atoms. The highest BCUT2D eigenvalue weighted by Crippen LogP contribution is 2.03. The third kappa shape index (κ3) is 5.97. The van der Waals surface area contributed by atoms with E-state index in [2.05, 4.69) is 6.92 Å². The molecular formula is C11H23NO2. The zero-order chi connectivity index (χ0) is 11.0. The molecule has 0 aromatic heterocycles. The number of hydrogen-bond acceptors (Lipinski definition) is 3. The minimum Gasteiger partial charge on any atom is -0.465 e. The van der Waals surface area contributed by atoms with Gasteiger partial charge in [0.15, 0.2) is 0 Å². The quantitative estimate of drug-likeness (QED) is 0.507. The second-order valence-electron chi connectivity index (χ2n) is 4.00. The van der Waals surface area contributed by atoms with Gasteiger partial charge in [0.25, 0.3) is 0 Å². The van der Waals surface area contributed by atoms with Crippen LogP contribution in [0.4, 0.5) is 0 Å². The standard InChI is InChI=1S/C11H23NO2/c1-4-5-6-7-8-14-11(13)10(12)9(2)3/h9-10H,4-8,12H2,1-3H3/t10-/m0/s1. The molecule has 0 aliphatic rings. The van der Waals surface area contributed by atoms with Gasteiger partial charge < -0.3 is 10.5 Å². The van der Waals surface area contributed by atoms with Crippen LogP contribution in [0.15, 0.2) is 0 Å². The maximum atomic E-state index is 11.3. The molecule has 0 saturated carbocycles. The SMILES string of the molecule is CCCCCCOC(=O)[C@@H](N)C(C)C. The van der Waals surface area contributed by atoms with Crippen LogP contribution in [0.25, 0.3) is 0 Å². The molecule has 0 radical (unpaired) electrons. The van der Waals surface area contributed by atoms with E-state index in [0.717, 1.165) is 12.8 Å². The fourth-order valence-corrected chi connectivity index (χ4v) is 1.07. The lowest BCUT2D eigenvalue weighted by Crippen LogP contribution is -2.37. The topological polar surface area (TPSA) is 52.3 Å². The monoisotopic (exact) mass is 201 g/mol. The van der Waals surface area contributed by atoms with Crippen LogP contribution >= 0.6 is 0 Å². The average molecular weight is 201 g/mol. The van der Waals surface area contributed by atoms with Gasteiger partial charge in [0.05, 0.1) is 6.61 Å². The van der Waals surface area contributed by atoms with E-state index in [0.29, 0.717) is 6.61 Å². The molecule has 0 unspecified atom stereocenters. The highest BCUT2D eigenvalue weighted by molar-refractivity contribution is 5.75. The van der Waals surface area contributed by atoms with Crippen molar-refractivity contribution in [2.45, 2.75) is 52.5 Å². The summed E-state index contributed by atoms with van der Waals surface area (Å²) in [6.45, 7) is 6.51. The molecule has 0 aromatic rings. The van der Waals surface area contributed by atoms with E-state index in [1.54, 1.807) is 0 Å². The summed E-state index contributed by atoms with van der Waals surface area (Å²) in [5.74, 6) is -0.116. The predicted molar refractivity (Wildman–Crippen MR) is 57.9 cm³/mol. The Morgan fingerprint density at radius 1 is 1.29 bits per heavy atom. The number of nitrogens with two attached hydrogens (primary N) is 1. The van der Waals surface area contributed by atoms with Crippen molar-refractivity contribution in [3.05, 3.63) is 0 Å². The Labute approximate surface area is 87.0 Å². The van der Waals surface area contributed by atoms with Crippen LogP contribution in [0.5, 0.6) is 0 Å². The van der Waals surface area contributed by atoms with Crippen LogP contribution in [0.1, 0.15) is 46.5 Å². The van der Waals surface area contributed by atoms with Crippen molar-refractivity contribution < 1.29 is 9.53 Å². The summed E-state index contributed by atoms with van der Waals surface area (Å²) in [6, 6.07) is -0.471. The molecule has 0 rings (SSSR count). The molecule has 0 spiro atoms. The number of unbranched alkanes of at least 4 members (excludes halogenated alkanes) is 3. The maximum Gasteiger partial charge on any atom is 0.323 e. The van der Waals surface area contributed by atoms with Gasteiger partial charge in [-0.05, 0) is 12.3 Å². The van der Waals surface area contributed by atoms with Gasteiger partial charge >= 0.3 is 5.97 Å². The summed E-state index contributed by atoms with van der Waals surface area (Å²) >= 11 is 0. The van der Waals surface area contributed by atoms with E-state index in [1.807, 2.05) is 13.8 Å². The highest BCUT2D eigenvalue weighted by Gasteiger charge is 2.18. The average Bonchev–Trinajstić information content (AvgIpc) is 2.16. The molecule has 0 saturated heterocycles. The lowest BCUT2D eigenvalue weighted by molar-refractivity contribution is -0.146. The van der Waals surface area contributed by atoms with Gasteiger partial charge in [0.1, 0.15) is 6.04 Å². The number of hydrogen-bond donors (Lipinski definition) is 1. The molecule has 0 aromatic carbocycles. The number of rotatable bonds is 7. The first-order valence-corrected chi connectivity index (χ1v) is 5.51. The summed E-state index contributed by atoms with van der Waals surface area (Å²) in [5, 5.41) is 0. The Bertz CT molecular complexity index is 157. The van der Waals surface area contributed by atoms with E-state index in [9.17, 15) is 4.79 Å². The van der Waals surface area contributed by atoms with Gasteiger partial charge in [-0.15, -0.1) is 0 Å². The van der Waals surface area contributed by atoms with Crippen molar-refractivity contribution in [2.75, 3.05) is 6.61 Å². The first-order chi connectivity index (χ1) is 6.59. The van der Waals surface area contributed by atoms with E-state index in [1.165, 1.54) is 12.8 Å². The molecule has 0 heterocycles. The second kappa shape index (κ2) is 7.80. The molecule has 0 fully saturated rings. The van der Waals surface area contributed by atoms with Gasteiger partial charge in [-0.25, -0.2) is 0 Å². The minimum atomic E-state index is -0.471. The van der Waals surface area contributed by atoms with E-state index >= 15 is 0 Å². The molecule has 1 atom stereocenters. The lowest BCUT2D eigenvalue weighted by Gasteiger charge is -2.14. The fraction of sp³-hybridized carbons (Fsp3) is 0.909. The molecule has 0 aliphatic carbocycles. The van der Waals surface area contributed by atoms with Crippen LogP contribution in [0, 0.1) is 5.92 Å². The summed E-state index contributed by atoms with van der Waals surface area (Å²) in [5.41, 5.74) is 5.63. The predicted octanol–water partition coefficient (Wildman–Crippen LogP) is 2.09. The highest BCUT2D eigenvalue weighted by atomic mass is 16.5. The van der Waals surface area contributed by atoms with Gasteiger partial charge in [-0.2, -0.15) is 0 Å². The first kappa shape index (κ1) is 13.4. The number of ether oxygens (including phenoxy) is 1. The van der Waals surface area contributed by atoms with Gasteiger partial charge in [-0.1, -0.05) is 40.0 Å². The van der Waals surface area contributed by atoms with Crippen LogP contribution in [-0.4, -0.2) is 18.6 Å². The normalized spacial score (nSPS) is 12.9. The molecule has 14 heavy (non-hydrogen) atoms. The third-order valence-electron chi connectivity index (χ3n) is 2.23. The first-order valence-electron chi connectivity index (χ1n) is 5.51. The van der Waals surface area contributed by atoms with Crippen LogP contribution in [-0.2, 0) is 9.53 Å². The van der Waals surface area contributed by atoms with Gasteiger partial charge in [-0.3, -0.25) is 4.79 Å². The smallest absolute Gasteiger partial charge is 0.323 e. The molecule has 2 N–H and O–H groups in total. The maximum absolute atomic E-state index is 11.3. The molecular weight excluding hydrogens is 178 g/mol. The Morgan fingerprint density at radius 2 is 1.93 bits per heavy atom. The zero-order valence-electron chi connectivity index (χ0n) is 9.58. The Balaban J connectivity index is 3.44. The second-order valence-corrected chi connectivity index (χ2v) is 4.00. The number of esters is 1. The third-order valence-corrected chi connectivity index (χ3v) is 2.23. The van der Waals surface area contributed by atoms with Crippen molar-refractivity contribution in [2.24, 2.45) is 11.7 Å². The number of carbonyl (C=O) groups is 1. The lowest BCUT2D eigenvalue weighted by atomic mass is 10.1. The minimum absolute atomic E-state index is 0.151. The Kier molecular flexibility index (Phi) is 7.48. The zero-order valence-corrected chi connectivity index (χ0v) is 9.58. The molecule has 3 heteroatoms. The largest absolute Gasteiger partial charge is 0.465 e. The van der Waals surface area contributed by atoms with Crippen LogP contribution in [0.3, 0.4) is 0 Å². The Morgan fingerprint density at radius 3 is 2.43 bits per heavy atom. The number of carbonyl (C=O) groups excluding carboxylic acids is 1. The summed E-state index contributed by atoms with van der Waals surface area (Å²) in [4.78, 5) is 11.3. The summed E-state index contributed by atoms with van der Waals surface area (Å²) in [7, 11) is 0. The van der Waals surface area contributed by atoms with Gasteiger partial charge in [0, 0.05) is 0 Å². The van der Waals surface area contributed by atoms with Crippen molar-refractivity contribution >= 4 is 5.97 Å². The van der Waals surface area contributed by atoms with Crippen molar-refractivity contribution in [3.8, 4) is 0 Å². The van der Waals surface area contributed by atoms with Crippen molar-refractivity contribution in [3.63, 3.8) is 0 Å². The van der Waals surface area contributed by atoms with Crippen molar-refractivity contribution in [1.82, 2.24) is 0 Å². The van der Waals surface area contributed by atoms with E-state index < -0.39 is 6.04 Å². The van der Waals surface area contributed by atoms with E-state index in [4.69, 9.17) is 10.5 Å². The van der Waals surface area contributed by atoms with Crippen LogP contribution in [0.2, 0.25) is 0 Å². The fourth-order valence-electron chi connectivity index (χ4n) is 1.07. The molecule has 84 valence electrons. The van der Waals surface area contributed by atoms with Crippen molar-refractivity contribution in [1.29, 1.82) is 0 Å². The van der Waals surface area contributed by atoms with Crippen LogP contribution < -0.4 is 5.73 Å². The summed E-state index contributed by atoms with van der Waals surface area (Å²) < 4.78 is 5.05. The molecule has 0 aliphatic heterocycles. The summed E-state index contributed by atoms with van der Waals surface area (Å²) in [6.07, 6.45) is 4.47. The molecule has 0 amide bonds.